The molecule has 254 valence electrons. The normalized spacial score (nSPS) is 36.1. The number of carbonyl (C=O) groups is 5. The minimum Gasteiger partial charge on any atom is -0.461 e. The summed E-state index contributed by atoms with van der Waals surface area (Å²) in [5, 5.41) is 0. The zero-order chi connectivity index (χ0) is 34.8. The largest absolute Gasteiger partial charge is 0.461 e. The predicted molar refractivity (Wildman–Crippen MR) is 171 cm³/mol. The summed E-state index contributed by atoms with van der Waals surface area (Å²) in [7, 11) is 0. The summed E-state index contributed by atoms with van der Waals surface area (Å²) in [4.78, 5) is 66.9. The molecular formula is C38H42O10. The number of carbonyl (C=O) groups excluding carboxylic acids is 5. The van der Waals surface area contributed by atoms with Gasteiger partial charge in [0.05, 0.1) is 17.0 Å². The number of esters is 4. The van der Waals surface area contributed by atoms with Crippen molar-refractivity contribution in [2.75, 3.05) is 0 Å². The van der Waals surface area contributed by atoms with E-state index in [1.54, 1.807) is 80.6 Å². The first kappa shape index (κ1) is 33.6. The molecule has 2 saturated carbocycles. The highest BCUT2D eigenvalue weighted by Gasteiger charge is 2.84. The second-order valence-electron chi connectivity index (χ2n) is 14.3. The second-order valence-corrected chi connectivity index (χ2v) is 14.3. The van der Waals surface area contributed by atoms with E-state index in [4.69, 9.17) is 23.7 Å². The molecule has 3 aliphatic carbocycles. The van der Waals surface area contributed by atoms with E-state index in [1.165, 1.54) is 13.8 Å². The van der Waals surface area contributed by atoms with E-state index in [-0.39, 0.29) is 18.1 Å². The first-order chi connectivity index (χ1) is 22.6. The summed E-state index contributed by atoms with van der Waals surface area (Å²) in [6, 6.07) is 17.0. The fourth-order valence-electron chi connectivity index (χ4n) is 8.55. The van der Waals surface area contributed by atoms with Crippen molar-refractivity contribution in [2.24, 2.45) is 29.1 Å². The number of ketones is 1. The molecule has 0 unspecified atom stereocenters. The average Bonchev–Trinajstić information content (AvgIpc) is 3.84. The van der Waals surface area contributed by atoms with Crippen LogP contribution < -0.4 is 0 Å². The van der Waals surface area contributed by atoms with Crippen LogP contribution in [-0.2, 0) is 38.1 Å². The third-order valence-electron chi connectivity index (χ3n) is 10.8. The zero-order valence-corrected chi connectivity index (χ0v) is 28.3. The van der Waals surface area contributed by atoms with Crippen LogP contribution in [0, 0.1) is 29.1 Å². The van der Waals surface area contributed by atoms with Crippen molar-refractivity contribution in [1.82, 2.24) is 0 Å². The average molecular weight is 659 g/mol. The van der Waals surface area contributed by atoms with Crippen LogP contribution >= 0.6 is 0 Å². The summed E-state index contributed by atoms with van der Waals surface area (Å²) >= 11 is 0. The molecule has 1 aliphatic heterocycles. The molecule has 10 heteroatoms. The summed E-state index contributed by atoms with van der Waals surface area (Å²) in [5.74, 6) is -4.63. The quantitative estimate of drug-likeness (QED) is 0.175. The zero-order valence-electron chi connectivity index (χ0n) is 28.3. The van der Waals surface area contributed by atoms with Crippen LogP contribution in [0.5, 0.6) is 0 Å². The Morgan fingerprint density at radius 1 is 0.750 bits per heavy atom. The predicted octanol–water partition coefficient (Wildman–Crippen LogP) is 5.29. The van der Waals surface area contributed by atoms with Gasteiger partial charge in [0, 0.05) is 25.7 Å². The lowest BCUT2D eigenvalue weighted by Gasteiger charge is -2.30. The van der Waals surface area contributed by atoms with Crippen LogP contribution in [0.4, 0.5) is 0 Å². The summed E-state index contributed by atoms with van der Waals surface area (Å²) in [5.41, 5.74) is -2.27. The third kappa shape index (κ3) is 5.44. The number of fused-ring (bicyclic) bond motifs is 1. The van der Waals surface area contributed by atoms with Gasteiger partial charge in [0.25, 0.3) is 0 Å². The lowest BCUT2D eigenvalue weighted by molar-refractivity contribution is -0.158. The number of ether oxygens (including phenoxy) is 5. The van der Waals surface area contributed by atoms with Crippen molar-refractivity contribution in [1.29, 1.82) is 0 Å². The summed E-state index contributed by atoms with van der Waals surface area (Å²) in [6.45, 7) is 11.8. The molecule has 2 aromatic carbocycles. The lowest BCUT2D eigenvalue weighted by Crippen LogP contribution is -2.43. The van der Waals surface area contributed by atoms with Gasteiger partial charge in [-0.2, -0.15) is 0 Å². The molecule has 0 spiro atoms. The van der Waals surface area contributed by atoms with Crippen LogP contribution in [0.25, 0.3) is 0 Å². The van der Waals surface area contributed by atoms with Crippen LogP contribution in [0.2, 0.25) is 0 Å². The molecule has 0 amide bonds. The Morgan fingerprint density at radius 3 is 1.79 bits per heavy atom. The first-order valence-electron chi connectivity index (χ1n) is 16.4. The van der Waals surface area contributed by atoms with Gasteiger partial charge in [-0.05, 0) is 60.6 Å². The SMILES string of the molecule is CC(=O)O[C@@H]1[C@@H]2[C@H]([C@H](OC(C)=O)[C@H](OC(=O)c3ccccc3)C(C)=C[C@@]34O[C@@]3(C[C@H](C)[C@@H]4OC(=O)c3ccccc3)C(=O)[C@@H]1C)C2(C)C. The molecule has 0 bridgehead atoms. The van der Waals surface area contributed by atoms with Gasteiger partial charge in [-0.15, -0.1) is 0 Å². The molecule has 0 N–H and O–H groups in total. The highest BCUT2D eigenvalue weighted by atomic mass is 16.7. The lowest BCUT2D eigenvalue weighted by atomic mass is 9.80. The Bertz CT molecular complexity index is 1660. The third-order valence-corrected chi connectivity index (χ3v) is 10.8. The molecule has 10 nitrogen and oxygen atoms in total. The number of hydrogen-bond acceptors (Lipinski definition) is 10. The van der Waals surface area contributed by atoms with Crippen molar-refractivity contribution in [3.05, 3.63) is 83.4 Å². The van der Waals surface area contributed by atoms with Crippen LogP contribution in [0.15, 0.2) is 72.3 Å². The topological polar surface area (TPSA) is 135 Å². The maximum atomic E-state index is 14.7. The highest BCUT2D eigenvalue weighted by molar-refractivity contribution is 5.96. The molecule has 2 aromatic rings. The number of benzene rings is 2. The standard InChI is InChI=1S/C38H42O10/c1-20-18-38-33(47-35(43)26-16-12-9-13-17-26)21(2)19-37(38,48-38)32(41)22(3)30(44-23(4)39)27-28(36(27,6)7)31(45-24(5)40)29(20)46-34(42)25-14-10-8-11-15-25/h8-18,21-22,27-31,33H,19H2,1-7H3/t21-,22+,27-,28+,29+,30-,31-,33-,37-,38-/m0/s1. The van der Waals surface area contributed by atoms with Crippen molar-refractivity contribution in [3.63, 3.8) is 0 Å². The van der Waals surface area contributed by atoms with Crippen LogP contribution in [0.1, 0.15) is 75.6 Å². The molecule has 0 radical (unpaired) electrons. The fraction of sp³-hybridized carbons (Fsp3) is 0.500. The van der Waals surface area contributed by atoms with Gasteiger partial charge in [0.2, 0.25) is 0 Å². The maximum absolute atomic E-state index is 14.7. The van der Waals surface area contributed by atoms with Gasteiger partial charge in [-0.3, -0.25) is 14.4 Å². The molecule has 6 rings (SSSR count). The van der Waals surface area contributed by atoms with Gasteiger partial charge in [0.1, 0.15) is 18.3 Å². The second kappa shape index (κ2) is 12.0. The molecule has 3 fully saturated rings. The Morgan fingerprint density at radius 2 is 1.25 bits per heavy atom. The van der Waals surface area contributed by atoms with Gasteiger partial charge in [-0.25, -0.2) is 9.59 Å². The summed E-state index contributed by atoms with van der Waals surface area (Å²) in [6.07, 6.45) is -1.92. The molecule has 1 heterocycles. The van der Waals surface area contributed by atoms with E-state index in [0.717, 1.165) is 0 Å². The van der Waals surface area contributed by atoms with E-state index >= 15 is 0 Å². The molecule has 1 saturated heterocycles. The molecular weight excluding hydrogens is 616 g/mol. The number of rotatable bonds is 6. The minimum atomic E-state index is -1.41. The van der Waals surface area contributed by atoms with Crippen molar-refractivity contribution in [2.45, 2.75) is 90.5 Å². The first-order valence-corrected chi connectivity index (χ1v) is 16.4. The minimum absolute atomic E-state index is 0.249. The van der Waals surface area contributed by atoms with Crippen molar-refractivity contribution in [3.8, 4) is 0 Å². The van der Waals surface area contributed by atoms with Crippen molar-refractivity contribution >= 4 is 29.7 Å². The van der Waals surface area contributed by atoms with Gasteiger partial charge in [0.15, 0.2) is 23.1 Å². The molecule has 10 atom stereocenters. The molecule has 4 aliphatic rings. The number of hydrogen-bond donors (Lipinski definition) is 0. The monoisotopic (exact) mass is 658 g/mol. The number of epoxide rings is 1. The van der Waals surface area contributed by atoms with Gasteiger partial charge in [-0.1, -0.05) is 64.1 Å². The molecule has 0 aromatic heterocycles. The van der Waals surface area contributed by atoms with Gasteiger partial charge < -0.3 is 23.7 Å². The molecule has 48 heavy (non-hydrogen) atoms. The van der Waals surface area contributed by atoms with E-state index in [0.29, 0.717) is 16.7 Å². The van der Waals surface area contributed by atoms with Gasteiger partial charge >= 0.3 is 23.9 Å². The number of Topliss-reactive ketones (excluding diaryl/α,β-unsaturated/α-hetero) is 1. The van der Waals surface area contributed by atoms with E-state index in [9.17, 15) is 24.0 Å². The Balaban J connectivity index is 1.51. The Labute approximate surface area is 280 Å². The van der Waals surface area contributed by atoms with Crippen molar-refractivity contribution < 1.29 is 47.7 Å². The van der Waals surface area contributed by atoms with Crippen LogP contribution in [0.3, 0.4) is 0 Å². The van der Waals surface area contributed by atoms with E-state index < -0.39 is 82.7 Å². The summed E-state index contributed by atoms with van der Waals surface area (Å²) < 4.78 is 30.8. The highest BCUT2D eigenvalue weighted by Crippen LogP contribution is 2.69. The Hall–Kier alpha value is -4.31. The Kier molecular flexibility index (Phi) is 8.38. The smallest absolute Gasteiger partial charge is 0.338 e. The van der Waals surface area contributed by atoms with Crippen LogP contribution in [-0.4, -0.2) is 65.3 Å². The van der Waals surface area contributed by atoms with E-state index in [1.807, 2.05) is 20.8 Å². The maximum Gasteiger partial charge on any atom is 0.338 e. The van der Waals surface area contributed by atoms with E-state index in [2.05, 4.69) is 0 Å². The fourth-order valence-corrected chi connectivity index (χ4v) is 8.55.